The van der Waals surface area contributed by atoms with Crippen molar-refractivity contribution in [2.24, 2.45) is 0 Å². The van der Waals surface area contributed by atoms with Crippen molar-refractivity contribution in [3.8, 4) is 0 Å². The monoisotopic (exact) mass is 261 g/mol. The van der Waals surface area contributed by atoms with E-state index in [2.05, 4.69) is 67.2 Å². The molecule has 1 aromatic carbocycles. The van der Waals surface area contributed by atoms with E-state index in [4.69, 9.17) is 0 Å². The van der Waals surface area contributed by atoms with Gasteiger partial charge < -0.3 is 10.2 Å². The molecule has 1 unspecified atom stereocenters. The minimum absolute atomic E-state index is 0.173. The molecule has 3 heteroatoms. The Labute approximate surface area is 117 Å². The van der Waals surface area contributed by atoms with Crippen molar-refractivity contribution in [2.45, 2.75) is 32.4 Å². The summed E-state index contributed by atoms with van der Waals surface area (Å²) < 4.78 is 0. The number of likely N-dealkylation sites (N-methyl/N-ethyl adjacent to an activating group) is 2. The maximum Gasteiger partial charge on any atom is 0.0473 e. The number of hydrogen-bond acceptors (Lipinski definition) is 3. The summed E-state index contributed by atoms with van der Waals surface area (Å²) in [6.45, 7) is 10.0. The predicted molar refractivity (Wildman–Crippen MR) is 82.9 cm³/mol. The number of aryl methyl sites for hydroxylation is 1. The van der Waals surface area contributed by atoms with Gasteiger partial charge in [-0.05, 0) is 52.6 Å². The standard InChI is InChI=1S/C16H27N3/c1-13-7-6-8-14(9-13)19-11-15(10-17-4)18(5)12-16(19,2)3/h6-9,15,17H,10-12H2,1-5H3. The highest BCUT2D eigenvalue weighted by Gasteiger charge is 2.37. The summed E-state index contributed by atoms with van der Waals surface area (Å²) in [6, 6.07) is 9.42. The lowest BCUT2D eigenvalue weighted by molar-refractivity contribution is 0.150. The lowest BCUT2D eigenvalue weighted by atomic mass is 9.94. The first-order valence-corrected chi connectivity index (χ1v) is 7.13. The van der Waals surface area contributed by atoms with Gasteiger partial charge in [0.05, 0.1) is 0 Å². The number of hydrogen-bond donors (Lipinski definition) is 1. The molecule has 1 saturated heterocycles. The molecule has 1 heterocycles. The number of rotatable bonds is 3. The van der Waals surface area contributed by atoms with E-state index >= 15 is 0 Å². The zero-order valence-corrected chi connectivity index (χ0v) is 12.9. The molecule has 1 N–H and O–H groups in total. The SMILES string of the molecule is CNCC1CN(c2cccc(C)c2)C(C)(C)CN1C. The molecule has 0 bridgehead atoms. The lowest BCUT2D eigenvalue weighted by Gasteiger charge is -2.51. The van der Waals surface area contributed by atoms with Gasteiger partial charge in [0.2, 0.25) is 0 Å². The Balaban J connectivity index is 2.26. The van der Waals surface area contributed by atoms with Gasteiger partial charge in [-0.15, -0.1) is 0 Å². The fourth-order valence-corrected chi connectivity index (χ4v) is 3.13. The predicted octanol–water partition coefficient (Wildman–Crippen LogP) is 2.11. The third-order valence-corrected chi connectivity index (χ3v) is 4.14. The van der Waals surface area contributed by atoms with Crippen LogP contribution in [0, 0.1) is 6.92 Å². The van der Waals surface area contributed by atoms with E-state index < -0.39 is 0 Å². The first-order valence-electron chi connectivity index (χ1n) is 7.13. The molecule has 1 fully saturated rings. The largest absolute Gasteiger partial charge is 0.363 e. The molecule has 0 spiro atoms. The first kappa shape index (κ1) is 14.4. The van der Waals surface area contributed by atoms with Crippen molar-refractivity contribution < 1.29 is 0 Å². The molecule has 0 amide bonds. The van der Waals surface area contributed by atoms with Crippen LogP contribution >= 0.6 is 0 Å². The second-order valence-corrected chi connectivity index (χ2v) is 6.39. The molecule has 3 nitrogen and oxygen atoms in total. The Bertz CT molecular complexity index is 428. The Morgan fingerprint density at radius 2 is 2.11 bits per heavy atom. The van der Waals surface area contributed by atoms with Gasteiger partial charge in [-0.2, -0.15) is 0 Å². The van der Waals surface area contributed by atoms with Crippen LogP contribution in [0.25, 0.3) is 0 Å². The molecule has 2 rings (SSSR count). The van der Waals surface area contributed by atoms with Crippen LogP contribution in [-0.2, 0) is 0 Å². The normalized spacial score (nSPS) is 23.6. The number of benzene rings is 1. The van der Waals surface area contributed by atoms with Gasteiger partial charge in [0.25, 0.3) is 0 Å². The van der Waals surface area contributed by atoms with E-state index in [1.807, 2.05) is 7.05 Å². The van der Waals surface area contributed by atoms with Gasteiger partial charge in [0, 0.05) is 36.9 Å². The van der Waals surface area contributed by atoms with Crippen molar-refractivity contribution in [1.29, 1.82) is 0 Å². The zero-order chi connectivity index (χ0) is 14.0. The maximum absolute atomic E-state index is 3.31. The smallest absolute Gasteiger partial charge is 0.0473 e. The van der Waals surface area contributed by atoms with E-state index in [-0.39, 0.29) is 5.54 Å². The van der Waals surface area contributed by atoms with E-state index in [1.54, 1.807) is 0 Å². The van der Waals surface area contributed by atoms with Crippen molar-refractivity contribution in [3.63, 3.8) is 0 Å². The van der Waals surface area contributed by atoms with Crippen LogP contribution in [-0.4, -0.2) is 50.2 Å². The molecule has 0 radical (unpaired) electrons. The fraction of sp³-hybridized carbons (Fsp3) is 0.625. The number of anilines is 1. The summed E-state index contributed by atoms with van der Waals surface area (Å²) in [7, 11) is 4.27. The average molecular weight is 261 g/mol. The van der Waals surface area contributed by atoms with Crippen LogP contribution in [0.4, 0.5) is 5.69 Å². The van der Waals surface area contributed by atoms with E-state index in [0.29, 0.717) is 6.04 Å². The van der Waals surface area contributed by atoms with Crippen molar-refractivity contribution in [1.82, 2.24) is 10.2 Å². The minimum atomic E-state index is 0.173. The maximum atomic E-state index is 3.31. The van der Waals surface area contributed by atoms with E-state index in [0.717, 1.165) is 19.6 Å². The van der Waals surface area contributed by atoms with Crippen LogP contribution in [0.1, 0.15) is 19.4 Å². The summed E-state index contributed by atoms with van der Waals surface area (Å²) in [5.74, 6) is 0. The topological polar surface area (TPSA) is 18.5 Å². The third-order valence-electron chi connectivity index (χ3n) is 4.14. The molecule has 0 aromatic heterocycles. The summed E-state index contributed by atoms with van der Waals surface area (Å²) in [5, 5.41) is 3.31. The van der Waals surface area contributed by atoms with Gasteiger partial charge in [-0.3, -0.25) is 4.90 Å². The van der Waals surface area contributed by atoms with Gasteiger partial charge in [-0.25, -0.2) is 0 Å². The summed E-state index contributed by atoms with van der Waals surface area (Å²) in [5.41, 5.74) is 2.85. The number of piperazine rings is 1. The number of nitrogens with one attached hydrogen (secondary N) is 1. The van der Waals surface area contributed by atoms with Gasteiger partial charge in [0.1, 0.15) is 0 Å². The Morgan fingerprint density at radius 1 is 1.37 bits per heavy atom. The van der Waals surface area contributed by atoms with Crippen LogP contribution in [0.5, 0.6) is 0 Å². The lowest BCUT2D eigenvalue weighted by Crippen LogP contribution is -2.64. The Kier molecular flexibility index (Phi) is 4.16. The molecule has 106 valence electrons. The Hall–Kier alpha value is -1.06. The van der Waals surface area contributed by atoms with Gasteiger partial charge in [-0.1, -0.05) is 12.1 Å². The van der Waals surface area contributed by atoms with Crippen molar-refractivity contribution >= 4 is 5.69 Å². The van der Waals surface area contributed by atoms with Crippen LogP contribution in [0.2, 0.25) is 0 Å². The highest BCUT2D eigenvalue weighted by atomic mass is 15.3. The van der Waals surface area contributed by atoms with Crippen molar-refractivity contribution in [2.75, 3.05) is 38.6 Å². The second-order valence-electron chi connectivity index (χ2n) is 6.39. The van der Waals surface area contributed by atoms with Gasteiger partial charge >= 0.3 is 0 Å². The molecule has 1 aromatic rings. The fourth-order valence-electron chi connectivity index (χ4n) is 3.13. The molecule has 0 aliphatic carbocycles. The molecular weight excluding hydrogens is 234 g/mol. The molecule has 0 saturated carbocycles. The number of nitrogens with zero attached hydrogens (tertiary/aromatic N) is 2. The Morgan fingerprint density at radius 3 is 2.74 bits per heavy atom. The second kappa shape index (κ2) is 5.51. The van der Waals surface area contributed by atoms with E-state index in [1.165, 1.54) is 11.3 Å². The minimum Gasteiger partial charge on any atom is -0.363 e. The molecule has 1 aliphatic rings. The average Bonchev–Trinajstić information content (AvgIpc) is 2.32. The highest BCUT2D eigenvalue weighted by Crippen LogP contribution is 2.29. The molecule has 1 atom stereocenters. The summed E-state index contributed by atoms with van der Waals surface area (Å²) in [6.07, 6.45) is 0. The highest BCUT2D eigenvalue weighted by molar-refractivity contribution is 5.51. The molecule has 19 heavy (non-hydrogen) atoms. The van der Waals surface area contributed by atoms with E-state index in [9.17, 15) is 0 Å². The van der Waals surface area contributed by atoms with Crippen LogP contribution in [0.3, 0.4) is 0 Å². The first-order chi connectivity index (χ1) is 8.94. The quantitative estimate of drug-likeness (QED) is 0.899. The molecular formula is C16H27N3. The molecule has 1 aliphatic heterocycles. The zero-order valence-electron chi connectivity index (χ0n) is 12.9. The van der Waals surface area contributed by atoms with Gasteiger partial charge in [0.15, 0.2) is 0 Å². The third kappa shape index (κ3) is 3.10. The van der Waals surface area contributed by atoms with Crippen LogP contribution < -0.4 is 10.2 Å². The van der Waals surface area contributed by atoms with Crippen LogP contribution in [0.15, 0.2) is 24.3 Å². The van der Waals surface area contributed by atoms with Crippen molar-refractivity contribution in [3.05, 3.63) is 29.8 Å². The summed E-state index contributed by atoms with van der Waals surface area (Å²) in [4.78, 5) is 5.03. The summed E-state index contributed by atoms with van der Waals surface area (Å²) >= 11 is 0.